The van der Waals surface area contributed by atoms with E-state index < -0.39 is 6.04 Å². The molecule has 4 heterocycles. The van der Waals surface area contributed by atoms with Crippen molar-refractivity contribution in [3.05, 3.63) is 35.4 Å². The van der Waals surface area contributed by atoms with Crippen LogP contribution in [0.5, 0.6) is 0 Å². The Morgan fingerprint density at radius 1 is 0.760 bits per heavy atom. The van der Waals surface area contributed by atoms with E-state index in [9.17, 15) is 19.2 Å². The Kier molecular flexibility index (Phi) is 13.4. The fraction of sp³-hybridized carbons (Fsp3) is 0.737. The molecular formula is C38H58ClN7O4. The Hall–Kier alpha value is -2.73. The van der Waals surface area contributed by atoms with Crippen molar-refractivity contribution in [3.63, 3.8) is 0 Å². The first-order valence-corrected chi connectivity index (χ1v) is 19.9. The fourth-order valence-corrected chi connectivity index (χ4v) is 8.98. The third kappa shape index (κ3) is 9.78. The number of carbonyl (C=O) groups is 4. The molecule has 1 aliphatic carbocycles. The van der Waals surface area contributed by atoms with Crippen molar-refractivity contribution in [1.29, 1.82) is 0 Å². The molecule has 12 heteroatoms. The zero-order valence-electron chi connectivity index (χ0n) is 29.8. The monoisotopic (exact) mass is 711 g/mol. The number of piperazine rings is 2. The lowest BCUT2D eigenvalue weighted by molar-refractivity contribution is -0.137. The fourth-order valence-electron chi connectivity index (χ4n) is 8.81. The van der Waals surface area contributed by atoms with E-state index in [2.05, 4.69) is 20.4 Å². The van der Waals surface area contributed by atoms with Crippen molar-refractivity contribution in [2.75, 3.05) is 97.5 Å². The minimum Gasteiger partial charge on any atom is -0.341 e. The zero-order valence-corrected chi connectivity index (χ0v) is 30.6. The van der Waals surface area contributed by atoms with E-state index >= 15 is 0 Å². The molecule has 6 rings (SSSR count). The molecule has 4 amide bonds. The highest BCUT2D eigenvalue weighted by atomic mass is 35.5. The lowest BCUT2D eigenvalue weighted by Crippen LogP contribution is -2.57. The molecule has 2 N–H and O–H groups in total. The van der Waals surface area contributed by atoms with Crippen molar-refractivity contribution in [3.8, 4) is 0 Å². The minimum atomic E-state index is -0.516. The van der Waals surface area contributed by atoms with Crippen LogP contribution in [-0.4, -0.2) is 152 Å². The third-order valence-electron chi connectivity index (χ3n) is 11.9. The van der Waals surface area contributed by atoms with Crippen LogP contribution >= 0.6 is 11.6 Å². The number of piperidine rings is 2. The van der Waals surface area contributed by atoms with Crippen LogP contribution in [-0.2, 0) is 14.4 Å². The predicted octanol–water partition coefficient (Wildman–Crippen LogP) is 2.60. The number of nitrogens with one attached hydrogen (secondary N) is 2. The number of hydrogen-bond donors (Lipinski definition) is 2. The summed E-state index contributed by atoms with van der Waals surface area (Å²) in [6, 6.07) is 7.22. The second-order valence-electron chi connectivity index (χ2n) is 15.3. The van der Waals surface area contributed by atoms with Gasteiger partial charge >= 0.3 is 0 Å². The van der Waals surface area contributed by atoms with E-state index in [0.29, 0.717) is 37.7 Å². The summed E-state index contributed by atoms with van der Waals surface area (Å²) in [6.45, 7) is 11.3. The molecule has 2 atom stereocenters. The quantitative estimate of drug-likeness (QED) is 0.360. The van der Waals surface area contributed by atoms with Gasteiger partial charge < -0.3 is 25.3 Å². The van der Waals surface area contributed by atoms with Gasteiger partial charge in [0, 0.05) is 83.5 Å². The summed E-state index contributed by atoms with van der Waals surface area (Å²) < 4.78 is 0. The molecule has 4 saturated heterocycles. The number of hydrogen-bond acceptors (Lipinski definition) is 7. The van der Waals surface area contributed by atoms with Gasteiger partial charge in [-0.15, -0.1) is 11.6 Å². The Morgan fingerprint density at radius 3 is 2.22 bits per heavy atom. The van der Waals surface area contributed by atoms with Gasteiger partial charge in [-0.05, 0) is 81.1 Å². The summed E-state index contributed by atoms with van der Waals surface area (Å²) in [5, 5.41) is 6.54. The third-order valence-corrected chi connectivity index (χ3v) is 12.1. The van der Waals surface area contributed by atoms with Crippen molar-refractivity contribution in [2.45, 2.75) is 69.7 Å². The molecule has 276 valence electrons. The van der Waals surface area contributed by atoms with Crippen molar-refractivity contribution < 1.29 is 19.2 Å². The molecular weight excluding hydrogens is 654 g/mol. The summed E-state index contributed by atoms with van der Waals surface area (Å²) in [7, 11) is 0. The maximum Gasteiger partial charge on any atom is 0.251 e. The average molecular weight is 712 g/mol. The number of halogens is 1. The molecule has 5 fully saturated rings. The molecule has 0 aromatic heterocycles. The highest BCUT2D eigenvalue weighted by Crippen LogP contribution is 2.30. The van der Waals surface area contributed by atoms with E-state index in [1.54, 1.807) is 0 Å². The van der Waals surface area contributed by atoms with E-state index in [1.165, 1.54) is 6.42 Å². The Morgan fingerprint density at radius 2 is 1.50 bits per heavy atom. The van der Waals surface area contributed by atoms with Crippen LogP contribution in [0.4, 0.5) is 0 Å². The molecule has 1 saturated carbocycles. The van der Waals surface area contributed by atoms with Gasteiger partial charge in [0.05, 0.1) is 6.54 Å². The first-order chi connectivity index (χ1) is 24.4. The number of amides is 4. The Balaban J connectivity index is 0.995. The molecule has 0 spiro atoms. The van der Waals surface area contributed by atoms with Crippen LogP contribution in [0.3, 0.4) is 0 Å². The van der Waals surface area contributed by atoms with Crippen LogP contribution in [0.15, 0.2) is 24.3 Å². The lowest BCUT2D eigenvalue weighted by atomic mass is 9.83. The summed E-state index contributed by atoms with van der Waals surface area (Å²) in [5.74, 6) is 0.998. The second-order valence-corrected chi connectivity index (χ2v) is 15.5. The largest absolute Gasteiger partial charge is 0.341 e. The Labute approximate surface area is 303 Å². The van der Waals surface area contributed by atoms with Crippen LogP contribution in [0.1, 0.15) is 79.6 Å². The van der Waals surface area contributed by atoms with Crippen LogP contribution in [0, 0.1) is 11.8 Å². The van der Waals surface area contributed by atoms with E-state index in [-0.39, 0.29) is 41.3 Å². The number of carbonyl (C=O) groups excluding carboxylic acids is 4. The molecule has 0 radical (unpaired) electrons. The summed E-state index contributed by atoms with van der Waals surface area (Å²) in [4.78, 5) is 63.5. The first-order valence-electron chi connectivity index (χ1n) is 19.3. The van der Waals surface area contributed by atoms with E-state index in [4.69, 9.17) is 11.6 Å². The number of benzene rings is 1. The molecule has 1 aromatic carbocycles. The number of nitrogens with zero attached hydrogens (tertiary/aromatic N) is 5. The summed E-state index contributed by atoms with van der Waals surface area (Å²) in [5.41, 5.74) is 1.62. The van der Waals surface area contributed by atoms with Gasteiger partial charge in [-0.2, -0.15) is 0 Å². The van der Waals surface area contributed by atoms with Gasteiger partial charge in [0.1, 0.15) is 11.9 Å². The first kappa shape index (κ1) is 37.0. The average Bonchev–Trinajstić information content (AvgIpc) is 3.18. The van der Waals surface area contributed by atoms with Crippen molar-refractivity contribution in [2.24, 2.45) is 11.8 Å². The molecule has 50 heavy (non-hydrogen) atoms. The van der Waals surface area contributed by atoms with Gasteiger partial charge in [0.25, 0.3) is 5.91 Å². The second kappa shape index (κ2) is 18.2. The zero-order chi connectivity index (χ0) is 34.9. The molecule has 1 aromatic rings. The minimum absolute atomic E-state index is 0.0119. The van der Waals surface area contributed by atoms with Crippen molar-refractivity contribution in [1.82, 2.24) is 35.1 Å². The molecule has 11 nitrogen and oxygen atoms in total. The molecule has 0 bridgehead atoms. The lowest BCUT2D eigenvalue weighted by Gasteiger charge is -2.41. The van der Waals surface area contributed by atoms with Gasteiger partial charge in [-0.25, -0.2) is 0 Å². The highest BCUT2D eigenvalue weighted by molar-refractivity contribution is 6.27. The van der Waals surface area contributed by atoms with Gasteiger partial charge in [0.15, 0.2) is 0 Å². The topological polar surface area (TPSA) is 109 Å². The SMILES string of the molecule is O=C(N[C@@H](C(=O)N1CCN(CC2CCN(CC(=O)N3CCNCC3)CC2)CC1)C1CCCCC1)c1cccc(C2CCCN(C(=O)CCl)C2)c1. The smallest absolute Gasteiger partial charge is 0.251 e. The van der Waals surface area contributed by atoms with E-state index in [0.717, 1.165) is 122 Å². The number of alkyl halides is 1. The molecule has 4 aliphatic heterocycles. The van der Waals surface area contributed by atoms with Crippen LogP contribution in [0.2, 0.25) is 0 Å². The standard InChI is InChI=1S/C38H58ClN7O4/c39-25-34(47)46-15-5-10-33(27-46)31-8-4-9-32(24-31)37(49)41-36(30-6-2-1-3-7-30)38(50)45-22-20-43(21-23-45)26-29-11-16-42(17-12-29)28-35(48)44-18-13-40-14-19-44/h4,8-9,24,29-30,33,36,40H,1-3,5-7,10-23,25-28H2,(H,41,49)/t33?,36-/m1/s1. The normalized spacial score (nSPS) is 24.2. The van der Waals surface area contributed by atoms with Crippen LogP contribution < -0.4 is 10.6 Å². The number of likely N-dealkylation sites (tertiary alicyclic amines) is 2. The van der Waals surface area contributed by atoms with Gasteiger partial charge in [0.2, 0.25) is 17.7 Å². The summed E-state index contributed by atoms with van der Waals surface area (Å²) >= 11 is 5.83. The van der Waals surface area contributed by atoms with E-state index in [1.807, 2.05) is 39.0 Å². The van der Waals surface area contributed by atoms with Gasteiger partial charge in [-0.3, -0.25) is 29.0 Å². The molecule has 5 aliphatic rings. The van der Waals surface area contributed by atoms with Crippen molar-refractivity contribution >= 4 is 35.2 Å². The predicted molar refractivity (Wildman–Crippen MR) is 195 cm³/mol. The summed E-state index contributed by atoms with van der Waals surface area (Å²) in [6.07, 6.45) is 9.38. The number of rotatable bonds is 10. The highest BCUT2D eigenvalue weighted by Gasteiger charge is 2.36. The van der Waals surface area contributed by atoms with Gasteiger partial charge in [-0.1, -0.05) is 31.4 Å². The van der Waals surface area contributed by atoms with Crippen LogP contribution in [0.25, 0.3) is 0 Å². The maximum atomic E-state index is 14.1. The Bertz CT molecular complexity index is 1300. The maximum absolute atomic E-state index is 14.1. The molecule has 1 unspecified atom stereocenters.